The third-order valence-corrected chi connectivity index (χ3v) is 3.50. The van der Waals surface area contributed by atoms with Crippen molar-refractivity contribution in [2.75, 3.05) is 5.32 Å². The maximum Gasteiger partial charge on any atom is 0.416 e. The Hall–Kier alpha value is -1.76. The van der Waals surface area contributed by atoms with Gasteiger partial charge in [-0.25, -0.2) is 4.39 Å². The Labute approximate surface area is 126 Å². The first kappa shape index (κ1) is 15.6. The molecule has 0 radical (unpaired) electrons. The monoisotopic (exact) mass is 363 g/mol. The maximum atomic E-state index is 13.1. The predicted molar refractivity (Wildman–Crippen MR) is 74.5 cm³/mol. The van der Waals surface area contributed by atoms with Gasteiger partial charge in [-0.2, -0.15) is 13.2 Å². The van der Waals surface area contributed by atoms with Crippen LogP contribution in [0.3, 0.4) is 0 Å². The predicted octanol–water partition coefficient (Wildman–Crippen LogP) is 4.92. The second-order valence-corrected chi connectivity index (χ2v) is 5.17. The molecule has 0 aliphatic carbocycles. The smallest absolute Gasteiger partial charge is 0.416 e. The molecule has 0 spiro atoms. The molecular weight excluding hydrogens is 354 g/mol. The summed E-state index contributed by atoms with van der Waals surface area (Å²) in [5.41, 5.74) is -0.343. The molecule has 0 fully saturated rings. The molecule has 21 heavy (non-hydrogen) atoms. The van der Waals surface area contributed by atoms with E-state index in [0.717, 1.165) is 24.3 Å². The van der Waals surface area contributed by atoms with Crippen LogP contribution in [0.4, 0.5) is 23.2 Å². The number of phenols is 1. The average Bonchev–Trinajstić information content (AvgIpc) is 2.40. The van der Waals surface area contributed by atoms with E-state index in [4.69, 9.17) is 0 Å². The van der Waals surface area contributed by atoms with Gasteiger partial charge in [0.25, 0.3) is 0 Å². The van der Waals surface area contributed by atoms with Crippen molar-refractivity contribution in [3.63, 3.8) is 0 Å². The van der Waals surface area contributed by atoms with E-state index in [1.807, 2.05) is 0 Å². The number of anilines is 1. The first-order valence-corrected chi connectivity index (χ1v) is 6.64. The fourth-order valence-electron chi connectivity index (χ4n) is 1.72. The number of halogens is 5. The minimum absolute atomic E-state index is 0.0104. The Morgan fingerprint density at radius 2 is 1.81 bits per heavy atom. The van der Waals surface area contributed by atoms with E-state index >= 15 is 0 Å². The standard InChI is InChI=1S/C14H10BrF4NO/c15-11-3-1-9(14(17,18)19)6-12(11)20-7-8-5-10(16)2-4-13(8)21/h1-6,20-21H,7H2. The molecule has 0 bridgehead atoms. The Morgan fingerprint density at radius 1 is 1.10 bits per heavy atom. The minimum Gasteiger partial charge on any atom is -0.508 e. The normalized spacial score (nSPS) is 11.5. The van der Waals surface area contributed by atoms with E-state index < -0.39 is 17.6 Å². The summed E-state index contributed by atoms with van der Waals surface area (Å²) in [7, 11) is 0. The van der Waals surface area contributed by atoms with Crippen LogP contribution in [-0.2, 0) is 12.7 Å². The highest BCUT2D eigenvalue weighted by molar-refractivity contribution is 9.10. The van der Waals surface area contributed by atoms with Gasteiger partial charge in [0.05, 0.1) is 5.56 Å². The SMILES string of the molecule is Oc1ccc(F)cc1CNc1cc(C(F)(F)F)ccc1Br. The second-order valence-electron chi connectivity index (χ2n) is 4.32. The molecule has 0 amide bonds. The molecule has 112 valence electrons. The summed E-state index contributed by atoms with van der Waals surface area (Å²) in [6.45, 7) is -0.0104. The molecule has 0 aromatic heterocycles. The molecule has 0 aliphatic heterocycles. The summed E-state index contributed by atoms with van der Waals surface area (Å²) < 4.78 is 51.5. The number of nitrogens with one attached hydrogen (secondary N) is 1. The molecule has 2 aromatic rings. The molecule has 2 nitrogen and oxygen atoms in total. The third kappa shape index (κ3) is 3.87. The lowest BCUT2D eigenvalue weighted by atomic mass is 10.1. The fourth-order valence-corrected chi connectivity index (χ4v) is 2.11. The lowest BCUT2D eigenvalue weighted by Gasteiger charge is -2.13. The summed E-state index contributed by atoms with van der Waals surface area (Å²) in [6.07, 6.45) is -4.45. The van der Waals surface area contributed by atoms with Crippen LogP contribution in [-0.4, -0.2) is 5.11 Å². The summed E-state index contributed by atoms with van der Waals surface area (Å²) in [5.74, 6) is -0.667. The number of hydrogen-bond donors (Lipinski definition) is 2. The average molecular weight is 364 g/mol. The van der Waals surface area contributed by atoms with Crippen LogP contribution in [0.15, 0.2) is 40.9 Å². The molecule has 2 N–H and O–H groups in total. The lowest BCUT2D eigenvalue weighted by Crippen LogP contribution is -2.07. The van der Waals surface area contributed by atoms with Crippen LogP contribution in [0.25, 0.3) is 0 Å². The number of hydrogen-bond acceptors (Lipinski definition) is 2. The van der Waals surface area contributed by atoms with Crippen molar-refractivity contribution in [2.24, 2.45) is 0 Å². The molecule has 7 heteroatoms. The van der Waals surface area contributed by atoms with Crippen LogP contribution >= 0.6 is 15.9 Å². The highest BCUT2D eigenvalue weighted by atomic mass is 79.9. The zero-order chi connectivity index (χ0) is 15.6. The van der Waals surface area contributed by atoms with E-state index in [0.29, 0.717) is 4.47 Å². The van der Waals surface area contributed by atoms with Gasteiger partial charge in [-0.1, -0.05) is 0 Å². The molecule has 2 aromatic carbocycles. The van der Waals surface area contributed by atoms with E-state index in [1.54, 1.807) is 0 Å². The number of aromatic hydroxyl groups is 1. The summed E-state index contributed by atoms with van der Waals surface area (Å²) >= 11 is 3.14. The fraction of sp³-hybridized carbons (Fsp3) is 0.143. The molecule has 0 saturated carbocycles. The second kappa shape index (κ2) is 5.93. The quantitative estimate of drug-likeness (QED) is 0.758. The lowest BCUT2D eigenvalue weighted by molar-refractivity contribution is -0.137. The number of benzene rings is 2. The Kier molecular flexibility index (Phi) is 4.41. The number of phenolic OH excluding ortho intramolecular Hbond substituents is 1. The first-order chi connectivity index (χ1) is 9.77. The molecule has 0 saturated heterocycles. The molecule has 0 aliphatic rings. The van der Waals surface area contributed by atoms with E-state index in [1.165, 1.54) is 12.1 Å². The van der Waals surface area contributed by atoms with Gasteiger partial charge in [0, 0.05) is 22.3 Å². The van der Waals surface area contributed by atoms with Gasteiger partial charge in [-0.15, -0.1) is 0 Å². The Balaban J connectivity index is 2.22. The van der Waals surface area contributed by atoms with Crippen molar-refractivity contribution >= 4 is 21.6 Å². The van der Waals surface area contributed by atoms with Gasteiger partial charge >= 0.3 is 6.18 Å². The highest BCUT2D eigenvalue weighted by Gasteiger charge is 2.30. The van der Waals surface area contributed by atoms with Gasteiger partial charge < -0.3 is 10.4 Å². The molecular formula is C14H10BrF4NO. The largest absolute Gasteiger partial charge is 0.508 e. The van der Waals surface area contributed by atoms with E-state index in [-0.39, 0.29) is 23.5 Å². The maximum absolute atomic E-state index is 13.1. The molecule has 0 heterocycles. The summed E-state index contributed by atoms with van der Waals surface area (Å²) in [5, 5.41) is 12.3. The number of rotatable bonds is 3. The zero-order valence-electron chi connectivity index (χ0n) is 10.5. The van der Waals surface area contributed by atoms with Crippen LogP contribution in [0.1, 0.15) is 11.1 Å². The van der Waals surface area contributed by atoms with Crippen LogP contribution in [0.5, 0.6) is 5.75 Å². The molecule has 0 atom stereocenters. The third-order valence-electron chi connectivity index (χ3n) is 2.80. The zero-order valence-corrected chi connectivity index (χ0v) is 12.1. The van der Waals surface area contributed by atoms with Gasteiger partial charge in [0.2, 0.25) is 0 Å². The Bertz CT molecular complexity index is 658. The van der Waals surface area contributed by atoms with E-state index in [9.17, 15) is 22.7 Å². The molecule has 0 unspecified atom stereocenters. The van der Waals surface area contributed by atoms with Crippen molar-refractivity contribution in [1.82, 2.24) is 0 Å². The number of alkyl halides is 3. The van der Waals surface area contributed by atoms with Gasteiger partial charge in [-0.3, -0.25) is 0 Å². The van der Waals surface area contributed by atoms with Crippen LogP contribution in [0.2, 0.25) is 0 Å². The van der Waals surface area contributed by atoms with Crippen LogP contribution in [0, 0.1) is 5.82 Å². The van der Waals surface area contributed by atoms with Gasteiger partial charge in [0.1, 0.15) is 11.6 Å². The van der Waals surface area contributed by atoms with Gasteiger partial charge in [-0.05, 0) is 52.3 Å². The van der Waals surface area contributed by atoms with Crippen molar-refractivity contribution in [1.29, 1.82) is 0 Å². The Morgan fingerprint density at radius 3 is 2.48 bits per heavy atom. The van der Waals surface area contributed by atoms with Crippen molar-refractivity contribution in [3.05, 3.63) is 57.8 Å². The van der Waals surface area contributed by atoms with Gasteiger partial charge in [0.15, 0.2) is 0 Å². The van der Waals surface area contributed by atoms with Crippen molar-refractivity contribution < 1.29 is 22.7 Å². The highest BCUT2D eigenvalue weighted by Crippen LogP contribution is 2.34. The molecule has 2 rings (SSSR count). The summed E-state index contributed by atoms with van der Waals surface area (Å²) in [4.78, 5) is 0. The van der Waals surface area contributed by atoms with Crippen molar-refractivity contribution in [3.8, 4) is 5.75 Å². The van der Waals surface area contributed by atoms with Crippen molar-refractivity contribution in [2.45, 2.75) is 12.7 Å². The van der Waals surface area contributed by atoms with Crippen LogP contribution < -0.4 is 5.32 Å². The summed E-state index contributed by atoms with van der Waals surface area (Å²) in [6, 6.07) is 6.57. The topological polar surface area (TPSA) is 32.3 Å². The minimum atomic E-state index is -4.45. The first-order valence-electron chi connectivity index (χ1n) is 5.85. The van der Waals surface area contributed by atoms with E-state index in [2.05, 4.69) is 21.2 Å².